The third kappa shape index (κ3) is 9.07. The van der Waals surface area contributed by atoms with Crippen LogP contribution in [0.5, 0.6) is 0 Å². The fourth-order valence-electron chi connectivity index (χ4n) is 9.43. The summed E-state index contributed by atoms with van der Waals surface area (Å²) in [6.45, 7) is 12.8. The largest absolute Gasteiger partial charge is 0.444 e. The second-order valence-corrected chi connectivity index (χ2v) is 19.3. The van der Waals surface area contributed by atoms with E-state index in [0.29, 0.717) is 52.4 Å². The minimum absolute atomic E-state index is 0.137. The molecule has 5 aromatic rings. The Kier molecular flexibility index (Phi) is 12.7. The molecule has 4 N–H and O–H groups in total. The quantitative estimate of drug-likeness (QED) is 0.0972. The molecule has 4 aliphatic rings. The van der Waals surface area contributed by atoms with E-state index in [9.17, 15) is 19.2 Å². The molecule has 0 aliphatic carbocycles. The van der Waals surface area contributed by atoms with Gasteiger partial charge in [-0.05, 0) is 91.5 Å². The van der Waals surface area contributed by atoms with Crippen molar-refractivity contribution in [2.24, 2.45) is 11.8 Å². The minimum Gasteiger partial charge on any atom is -0.444 e. The fraction of sp³-hybridized carbons (Fsp3) is 0.532. The van der Waals surface area contributed by atoms with Gasteiger partial charge in [-0.15, -0.1) is 11.3 Å². The third-order valence-corrected chi connectivity index (χ3v) is 14.2. The predicted molar refractivity (Wildman–Crippen MR) is 242 cm³/mol. The van der Waals surface area contributed by atoms with E-state index in [1.165, 1.54) is 0 Å². The Morgan fingerprint density at radius 3 is 1.66 bits per heavy atom. The van der Waals surface area contributed by atoms with E-state index in [0.717, 1.165) is 85.8 Å². The van der Waals surface area contributed by atoms with Crippen LogP contribution in [0.15, 0.2) is 42.5 Å². The normalized spacial score (nSPS) is 22.2. The maximum Gasteiger partial charge on any atom is 0.408 e. The van der Waals surface area contributed by atoms with Crippen molar-refractivity contribution in [1.82, 2.24) is 40.4 Å². The van der Waals surface area contributed by atoms with Crippen LogP contribution in [0, 0.1) is 18.8 Å². The van der Waals surface area contributed by atoms with E-state index in [2.05, 4.69) is 57.9 Å². The molecule has 16 nitrogen and oxygen atoms in total. The summed E-state index contributed by atoms with van der Waals surface area (Å²) in [5, 5.41) is 5.67. The zero-order chi connectivity index (χ0) is 44.6. The number of nitrogens with zero attached hydrogens (tertiary/aromatic N) is 4. The van der Waals surface area contributed by atoms with Crippen molar-refractivity contribution in [2.75, 3.05) is 39.5 Å². The summed E-state index contributed by atoms with van der Waals surface area (Å²) < 4.78 is 21.7. The summed E-state index contributed by atoms with van der Waals surface area (Å²) in [6.07, 6.45) is 2.72. The lowest BCUT2D eigenvalue weighted by Crippen LogP contribution is -2.51. The van der Waals surface area contributed by atoms with Gasteiger partial charge in [0.2, 0.25) is 11.8 Å². The van der Waals surface area contributed by atoms with Gasteiger partial charge in [0.25, 0.3) is 0 Å². The van der Waals surface area contributed by atoms with Crippen LogP contribution < -0.4 is 10.6 Å². The highest BCUT2D eigenvalue weighted by molar-refractivity contribution is 7.19. The summed E-state index contributed by atoms with van der Waals surface area (Å²) >= 11 is 1.72. The number of hydrogen-bond donors (Lipinski definition) is 4. The molecule has 0 saturated carbocycles. The molecule has 4 fully saturated rings. The molecule has 0 radical (unpaired) electrons. The minimum atomic E-state index is -0.727. The number of fused-ring (bicyclic) bond motifs is 2. The zero-order valence-electron chi connectivity index (χ0n) is 37.1. The van der Waals surface area contributed by atoms with Crippen molar-refractivity contribution in [3.63, 3.8) is 0 Å². The number of benzene rings is 2. The highest BCUT2D eigenvalue weighted by Gasteiger charge is 2.40. The number of alkyl carbamates (subject to hydrolysis) is 2. The van der Waals surface area contributed by atoms with Gasteiger partial charge in [0.05, 0.1) is 60.6 Å². The van der Waals surface area contributed by atoms with Crippen LogP contribution in [-0.4, -0.2) is 118 Å². The van der Waals surface area contributed by atoms with Crippen LogP contribution in [0.1, 0.15) is 95.5 Å². The van der Waals surface area contributed by atoms with Gasteiger partial charge in [-0.25, -0.2) is 19.6 Å². The number of imidazole rings is 2. The molecular weight excluding hydrogens is 837 g/mol. The van der Waals surface area contributed by atoms with Crippen molar-refractivity contribution < 1.29 is 38.1 Å². The van der Waals surface area contributed by atoms with Gasteiger partial charge in [-0.3, -0.25) is 9.59 Å². The van der Waals surface area contributed by atoms with Crippen molar-refractivity contribution in [2.45, 2.75) is 110 Å². The molecule has 2 aromatic carbocycles. The number of aromatic amines is 2. The summed E-state index contributed by atoms with van der Waals surface area (Å²) in [5.41, 5.74) is 6.70. The van der Waals surface area contributed by atoms with Gasteiger partial charge in [-0.1, -0.05) is 39.8 Å². The molecule has 340 valence electrons. The Bertz CT molecular complexity index is 2520. The smallest absolute Gasteiger partial charge is 0.408 e. The number of H-pyrrole nitrogens is 2. The Hall–Kier alpha value is -5.52. The molecule has 0 unspecified atom stereocenters. The first-order chi connectivity index (χ1) is 30.9. The van der Waals surface area contributed by atoms with E-state index in [4.69, 9.17) is 28.9 Å². The maximum absolute atomic E-state index is 14.0. The standard InChI is InChI=1S/C47H58N8O8S/c1-25(2)39(52-46(58)62-30-14-18-60-23-30)44(56)54-16-6-8-36(54)42-48-32-12-10-28(21-34(32)50-42)38-20-27(5)41(64-38)29-11-13-33-35(22-29)51-43(49-33)37-9-7-17-55(37)45(57)40(26(3)4)53-47(59)63-31-15-19-61-24-31/h10-13,20-22,25-26,30-31,36-37,39-40H,6-9,14-19,23-24H2,1-5H3,(H,48,50)(H,49,51)(H,52,58)(H,53,59)/t30-,31-,36-,37-,39-,40-/m0/s1. The number of amides is 4. The first kappa shape index (κ1) is 43.7. The molecule has 0 spiro atoms. The summed E-state index contributed by atoms with van der Waals surface area (Å²) in [5.74, 6) is 0.915. The fourth-order valence-corrected chi connectivity index (χ4v) is 10.6. The van der Waals surface area contributed by atoms with Gasteiger partial charge in [0.1, 0.15) is 35.9 Å². The molecule has 4 saturated heterocycles. The Labute approximate surface area is 376 Å². The van der Waals surface area contributed by atoms with Crippen molar-refractivity contribution >= 4 is 57.4 Å². The highest BCUT2D eigenvalue weighted by atomic mass is 32.1. The number of hydrogen-bond acceptors (Lipinski definition) is 11. The topological polar surface area (TPSA) is 193 Å². The number of rotatable bonds is 12. The lowest BCUT2D eigenvalue weighted by molar-refractivity contribution is -0.136. The lowest BCUT2D eigenvalue weighted by Gasteiger charge is -2.30. The van der Waals surface area contributed by atoms with Gasteiger partial charge in [0.15, 0.2) is 0 Å². The summed E-state index contributed by atoms with van der Waals surface area (Å²) in [7, 11) is 0. The molecule has 0 bridgehead atoms. The number of carbonyl (C=O) groups is 4. The van der Waals surface area contributed by atoms with Crippen molar-refractivity contribution in [1.29, 1.82) is 0 Å². The van der Waals surface area contributed by atoms with E-state index in [-0.39, 0.29) is 47.9 Å². The van der Waals surface area contributed by atoms with Gasteiger partial charge in [-0.2, -0.15) is 0 Å². The molecule has 3 aromatic heterocycles. The molecule has 6 atom stereocenters. The molecule has 64 heavy (non-hydrogen) atoms. The Morgan fingerprint density at radius 2 is 1.19 bits per heavy atom. The van der Waals surface area contributed by atoms with E-state index in [1.54, 1.807) is 11.3 Å². The number of ether oxygens (including phenoxy) is 4. The predicted octanol–water partition coefficient (Wildman–Crippen LogP) is 7.55. The summed E-state index contributed by atoms with van der Waals surface area (Å²) in [6, 6.07) is 12.8. The van der Waals surface area contributed by atoms with Crippen LogP contribution in [0.25, 0.3) is 42.9 Å². The maximum atomic E-state index is 14.0. The monoisotopic (exact) mass is 894 g/mol. The van der Waals surface area contributed by atoms with Gasteiger partial charge in [0, 0.05) is 35.7 Å². The molecule has 9 rings (SSSR count). The van der Waals surface area contributed by atoms with Crippen LogP contribution in [0.4, 0.5) is 9.59 Å². The van der Waals surface area contributed by atoms with Crippen LogP contribution in [0.3, 0.4) is 0 Å². The van der Waals surface area contributed by atoms with Crippen molar-refractivity contribution in [3.8, 4) is 20.9 Å². The van der Waals surface area contributed by atoms with E-state index in [1.807, 2.05) is 49.6 Å². The second kappa shape index (κ2) is 18.5. The van der Waals surface area contributed by atoms with Crippen LogP contribution >= 0.6 is 11.3 Å². The summed E-state index contributed by atoms with van der Waals surface area (Å²) in [4.78, 5) is 76.5. The molecule has 4 aliphatic heterocycles. The number of nitrogens with one attached hydrogen (secondary N) is 4. The number of likely N-dealkylation sites (tertiary alicyclic amines) is 2. The number of aromatic nitrogens is 4. The molecule has 7 heterocycles. The SMILES string of the molecule is Cc1cc(-c2ccc3nc([C@@H]4CCCN4C(=O)[C@@H](NC(=O)O[C@H]4CCOC4)C(C)C)[nH]c3c2)sc1-c1ccc2nc([C@@H]3CCCN3C(=O)[C@@H](NC(=O)O[C@H]3CCOC3)C(C)C)[nH]c2c1. The molecule has 4 amide bonds. The van der Waals surface area contributed by atoms with Gasteiger partial charge >= 0.3 is 12.2 Å². The number of carbonyl (C=O) groups excluding carboxylic acids is 4. The first-order valence-corrected chi connectivity index (χ1v) is 23.5. The molecule has 17 heteroatoms. The average Bonchev–Trinajstić information content (AvgIpc) is 4.12. The Morgan fingerprint density at radius 1 is 0.703 bits per heavy atom. The zero-order valence-corrected chi connectivity index (χ0v) is 37.9. The van der Waals surface area contributed by atoms with Crippen LogP contribution in [0.2, 0.25) is 0 Å². The van der Waals surface area contributed by atoms with Gasteiger partial charge < -0.3 is 49.3 Å². The van der Waals surface area contributed by atoms with Crippen LogP contribution in [-0.2, 0) is 28.5 Å². The Balaban J connectivity index is 0.889. The second-order valence-electron chi connectivity index (χ2n) is 18.2. The number of thiophene rings is 1. The highest BCUT2D eigenvalue weighted by Crippen LogP contribution is 2.41. The van der Waals surface area contributed by atoms with Crippen molar-refractivity contribution in [3.05, 3.63) is 59.7 Å². The average molecular weight is 895 g/mol. The molecular formula is C47H58N8O8S. The third-order valence-electron chi connectivity index (χ3n) is 12.9. The van der Waals surface area contributed by atoms with E-state index < -0.39 is 24.3 Å². The first-order valence-electron chi connectivity index (χ1n) is 22.7. The number of aryl methyl sites for hydroxylation is 1. The van der Waals surface area contributed by atoms with E-state index >= 15 is 0 Å². The lowest BCUT2D eigenvalue weighted by atomic mass is 10.0.